The van der Waals surface area contributed by atoms with Gasteiger partial charge in [-0.25, -0.2) is 0 Å². The first-order chi connectivity index (χ1) is 14.1. The lowest BCUT2D eigenvalue weighted by molar-refractivity contribution is -0.152. The van der Waals surface area contributed by atoms with E-state index in [9.17, 15) is 22.8 Å². The van der Waals surface area contributed by atoms with Gasteiger partial charge in [-0.15, -0.1) is 0 Å². The molecule has 1 saturated heterocycles. The Kier molecular flexibility index (Phi) is 5.05. The molecule has 7 nitrogen and oxygen atoms in total. The lowest BCUT2D eigenvalue weighted by atomic mass is 10.0. The summed E-state index contributed by atoms with van der Waals surface area (Å²) in [5, 5.41) is 4.33. The largest absolute Gasteiger partial charge is 0.397 e. The van der Waals surface area contributed by atoms with Crippen molar-refractivity contribution in [2.24, 2.45) is 0 Å². The molecule has 0 bridgehead atoms. The number of hydrogen-bond donors (Lipinski definition) is 0. The molecule has 2 aliphatic heterocycles. The molecule has 0 radical (unpaired) electrons. The monoisotopic (exact) mass is 422 g/mol. The zero-order valence-corrected chi connectivity index (χ0v) is 16.5. The second-order valence-corrected chi connectivity index (χ2v) is 7.64. The average Bonchev–Trinajstić information content (AvgIpc) is 3.06. The van der Waals surface area contributed by atoms with Gasteiger partial charge >= 0.3 is 6.18 Å². The molecule has 0 unspecified atom stereocenters. The fourth-order valence-electron chi connectivity index (χ4n) is 3.85. The number of aromatic nitrogens is 2. The van der Waals surface area contributed by atoms with E-state index in [-0.39, 0.29) is 24.2 Å². The zero-order valence-electron chi connectivity index (χ0n) is 16.5. The highest BCUT2D eigenvalue weighted by atomic mass is 19.4. The Bertz CT molecular complexity index is 984. The molecule has 3 heterocycles. The number of rotatable bonds is 3. The van der Waals surface area contributed by atoms with Gasteiger partial charge in [-0.3, -0.25) is 14.3 Å². The van der Waals surface area contributed by atoms with Crippen molar-refractivity contribution >= 4 is 23.2 Å². The molecule has 10 heteroatoms. The van der Waals surface area contributed by atoms with Crippen LogP contribution in [0.3, 0.4) is 0 Å². The molecule has 1 aromatic carbocycles. The third-order valence-electron chi connectivity index (χ3n) is 5.33. The van der Waals surface area contributed by atoms with Gasteiger partial charge in [0, 0.05) is 25.2 Å². The molecule has 0 N–H and O–H groups in total. The second kappa shape index (κ2) is 7.42. The lowest BCUT2D eigenvalue weighted by Gasteiger charge is -2.41. The number of fused-ring (bicyclic) bond motifs is 1. The molecule has 0 spiro atoms. The Morgan fingerprint density at radius 3 is 2.53 bits per heavy atom. The van der Waals surface area contributed by atoms with Crippen LogP contribution in [0.5, 0.6) is 0 Å². The summed E-state index contributed by atoms with van der Waals surface area (Å²) in [5.41, 5.74) is 2.17. The van der Waals surface area contributed by atoms with Gasteiger partial charge < -0.3 is 14.5 Å². The van der Waals surface area contributed by atoms with E-state index in [1.165, 1.54) is 11.8 Å². The maximum absolute atomic E-state index is 12.9. The maximum atomic E-state index is 12.9. The summed E-state index contributed by atoms with van der Waals surface area (Å²) in [4.78, 5) is 27.3. The molecule has 2 amide bonds. The molecule has 2 aliphatic rings. The molecule has 2 aromatic rings. The summed E-state index contributed by atoms with van der Waals surface area (Å²) < 4.78 is 45.6. The van der Waals surface area contributed by atoms with Gasteiger partial charge in [-0.1, -0.05) is 6.07 Å². The number of carbonyl (C=O) groups is 2. The number of hydrogen-bond acceptors (Lipinski definition) is 4. The minimum absolute atomic E-state index is 0.0103. The number of carbonyl (C=O) groups excluding carboxylic acids is 2. The third-order valence-corrected chi connectivity index (χ3v) is 5.33. The molecule has 1 fully saturated rings. The van der Waals surface area contributed by atoms with Crippen molar-refractivity contribution in [1.29, 1.82) is 0 Å². The summed E-state index contributed by atoms with van der Waals surface area (Å²) in [6.45, 7) is 4.25. The number of alkyl halides is 3. The van der Waals surface area contributed by atoms with Crippen molar-refractivity contribution in [3.63, 3.8) is 0 Å². The van der Waals surface area contributed by atoms with E-state index >= 15 is 0 Å². The Hall–Kier alpha value is -2.88. The SMILES string of the molecule is CC(=O)N1c2ccc(-c3cnn(C4COC4)c3)cc2N(C(=O)CC(F)(F)F)C[C@@H]1C. The normalized spacial score (nSPS) is 19.4. The smallest absolute Gasteiger partial charge is 0.377 e. The van der Waals surface area contributed by atoms with Gasteiger partial charge in [0.25, 0.3) is 0 Å². The number of anilines is 2. The predicted molar refractivity (Wildman–Crippen MR) is 103 cm³/mol. The predicted octanol–water partition coefficient (Wildman–Crippen LogP) is 3.16. The quantitative estimate of drug-likeness (QED) is 0.762. The topological polar surface area (TPSA) is 67.7 Å². The first kappa shape index (κ1) is 20.4. The molecule has 4 rings (SSSR count). The Labute approximate surface area is 171 Å². The van der Waals surface area contributed by atoms with E-state index in [1.54, 1.807) is 36.0 Å². The minimum atomic E-state index is -4.61. The van der Waals surface area contributed by atoms with Crippen molar-refractivity contribution in [2.75, 3.05) is 29.6 Å². The van der Waals surface area contributed by atoms with Gasteiger partial charge in [-0.2, -0.15) is 18.3 Å². The van der Waals surface area contributed by atoms with Gasteiger partial charge in [-0.05, 0) is 24.6 Å². The van der Waals surface area contributed by atoms with E-state index in [1.807, 2.05) is 6.20 Å². The molecular weight excluding hydrogens is 401 g/mol. The van der Waals surface area contributed by atoms with Crippen LogP contribution in [0.25, 0.3) is 11.1 Å². The van der Waals surface area contributed by atoms with Gasteiger partial charge in [0.15, 0.2) is 0 Å². The molecule has 30 heavy (non-hydrogen) atoms. The van der Waals surface area contributed by atoms with Crippen molar-refractivity contribution in [2.45, 2.75) is 38.5 Å². The maximum Gasteiger partial charge on any atom is 0.397 e. The summed E-state index contributed by atoms with van der Waals surface area (Å²) in [5.74, 6) is -1.28. The van der Waals surface area contributed by atoms with E-state index in [4.69, 9.17) is 4.74 Å². The molecule has 160 valence electrons. The Morgan fingerprint density at radius 2 is 1.93 bits per heavy atom. The van der Waals surface area contributed by atoms with Crippen LogP contribution in [-0.4, -0.2) is 53.6 Å². The van der Waals surface area contributed by atoms with Crippen LogP contribution in [0.15, 0.2) is 30.6 Å². The van der Waals surface area contributed by atoms with Gasteiger partial charge in [0.1, 0.15) is 6.42 Å². The number of amides is 2. The van der Waals surface area contributed by atoms with E-state index < -0.39 is 24.5 Å². The molecule has 0 aliphatic carbocycles. The van der Waals surface area contributed by atoms with Crippen molar-refractivity contribution < 1.29 is 27.5 Å². The third kappa shape index (κ3) is 3.79. The fraction of sp³-hybridized carbons (Fsp3) is 0.450. The van der Waals surface area contributed by atoms with Crippen LogP contribution < -0.4 is 9.80 Å². The number of halogens is 3. The van der Waals surface area contributed by atoms with Crippen LogP contribution in [0.1, 0.15) is 26.3 Å². The van der Waals surface area contributed by atoms with Gasteiger partial charge in [0.05, 0.1) is 42.9 Å². The number of ether oxygens (including phenoxy) is 1. The highest BCUT2D eigenvalue weighted by Crippen LogP contribution is 2.40. The van der Waals surface area contributed by atoms with Crippen LogP contribution in [0.4, 0.5) is 24.5 Å². The average molecular weight is 422 g/mol. The summed E-state index contributed by atoms with van der Waals surface area (Å²) in [7, 11) is 0. The van der Waals surface area contributed by atoms with Crippen molar-refractivity contribution in [1.82, 2.24) is 9.78 Å². The highest BCUT2D eigenvalue weighted by Gasteiger charge is 2.39. The van der Waals surface area contributed by atoms with Crippen LogP contribution >= 0.6 is 0 Å². The van der Waals surface area contributed by atoms with Crippen molar-refractivity contribution in [3.8, 4) is 11.1 Å². The minimum Gasteiger partial charge on any atom is -0.377 e. The molecular formula is C20H21F3N4O3. The fourth-order valence-corrected chi connectivity index (χ4v) is 3.85. The van der Waals surface area contributed by atoms with E-state index in [0.29, 0.717) is 24.5 Å². The van der Waals surface area contributed by atoms with Gasteiger partial charge in [0.2, 0.25) is 11.8 Å². The van der Waals surface area contributed by atoms with Crippen molar-refractivity contribution in [3.05, 3.63) is 30.6 Å². The summed E-state index contributed by atoms with van der Waals surface area (Å²) >= 11 is 0. The second-order valence-electron chi connectivity index (χ2n) is 7.64. The Balaban J connectivity index is 1.73. The molecule has 0 saturated carbocycles. The van der Waals surface area contributed by atoms with Crippen LogP contribution in [0.2, 0.25) is 0 Å². The van der Waals surface area contributed by atoms with Crippen LogP contribution in [-0.2, 0) is 14.3 Å². The summed E-state index contributed by atoms with van der Waals surface area (Å²) in [6, 6.07) is 4.80. The van der Waals surface area contributed by atoms with Crippen LogP contribution in [0, 0.1) is 0 Å². The summed E-state index contributed by atoms with van der Waals surface area (Å²) in [6.07, 6.45) is -2.66. The zero-order chi connectivity index (χ0) is 21.6. The first-order valence-electron chi connectivity index (χ1n) is 9.57. The number of benzene rings is 1. The highest BCUT2D eigenvalue weighted by molar-refractivity contribution is 6.05. The van der Waals surface area contributed by atoms with E-state index in [2.05, 4.69) is 5.10 Å². The number of nitrogens with zero attached hydrogens (tertiary/aromatic N) is 4. The molecule has 1 aromatic heterocycles. The standard InChI is InChI=1S/C20H21F3N4O3/c1-12-8-25(19(29)6-20(21,22)23)18-5-14(3-4-17(18)27(12)13(2)28)15-7-24-26(9-15)16-10-30-11-16/h3-5,7,9,12,16H,6,8,10-11H2,1-2H3/t12-/m0/s1. The lowest BCUT2D eigenvalue weighted by Crippen LogP contribution is -2.52. The Morgan fingerprint density at radius 1 is 1.20 bits per heavy atom. The first-order valence-corrected chi connectivity index (χ1v) is 9.57. The molecule has 1 atom stereocenters. The van der Waals surface area contributed by atoms with E-state index in [0.717, 1.165) is 10.5 Å².